The predicted molar refractivity (Wildman–Crippen MR) is 57.5 cm³/mol. The summed E-state index contributed by atoms with van der Waals surface area (Å²) in [5, 5.41) is 6.00. The summed E-state index contributed by atoms with van der Waals surface area (Å²) in [5.41, 5.74) is 0. The topological polar surface area (TPSA) is 92.4 Å². The molecule has 1 aliphatic heterocycles. The molecule has 7 nitrogen and oxygen atoms in total. The zero-order valence-corrected chi connectivity index (χ0v) is 10.1. The van der Waals surface area contributed by atoms with Crippen molar-refractivity contribution in [3.8, 4) is 0 Å². The summed E-state index contributed by atoms with van der Waals surface area (Å²) in [6.45, 7) is 0.321. The Morgan fingerprint density at radius 2 is 2.41 bits per heavy atom. The maximum absolute atomic E-state index is 12.2. The van der Waals surface area contributed by atoms with E-state index in [9.17, 15) is 13.2 Å². The standard InChI is InChI=1S/C9H13N3O4S/c1-16-9(13)7-3-2-6-12(7)17(14,15)8-4-5-10-11-8/h4-5,7H,2-3,6H2,1H3,(H,10,11). The lowest BCUT2D eigenvalue weighted by molar-refractivity contribution is -0.144. The van der Waals surface area contributed by atoms with Crippen LogP contribution in [0.25, 0.3) is 0 Å². The number of aromatic nitrogens is 2. The van der Waals surface area contributed by atoms with Crippen LogP contribution in [0.5, 0.6) is 0 Å². The molecule has 1 N–H and O–H groups in total. The van der Waals surface area contributed by atoms with E-state index >= 15 is 0 Å². The number of rotatable bonds is 3. The first kappa shape index (κ1) is 12.1. The van der Waals surface area contributed by atoms with Crippen molar-refractivity contribution in [3.63, 3.8) is 0 Å². The number of sulfonamides is 1. The van der Waals surface area contributed by atoms with Crippen LogP contribution in [0.2, 0.25) is 0 Å². The molecule has 0 spiro atoms. The van der Waals surface area contributed by atoms with Crippen molar-refractivity contribution < 1.29 is 17.9 Å². The minimum Gasteiger partial charge on any atom is -0.468 e. The zero-order valence-electron chi connectivity index (χ0n) is 9.29. The number of ether oxygens (including phenoxy) is 1. The summed E-state index contributed by atoms with van der Waals surface area (Å²) >= 11 is 0. The van der Waals surface area contributed by atoms with Crippen LogP contribution in [0.1, 0.15) is 12.8 Å². The zero-order chi connectivity index (χ0) is 12.5. The molecular formula is C9H13N3O4S. The highest BCUT2D eigenvalue weighted by Crippen LogP contribution is 2.25. The number of carbonyl (C=O) groups excluding carboxylic acids is 1. The monoisotopic (exact) mass is 259 g/mol. The van der Waals surface area contributed by atoms with E-state index in [-0.39, 0.29) is 5.03 Å². The third kappa shape index (κ3) is 2.05. The average Bonchev–Trinajstić information content (AvgIpc) is 2.98. The molecule has 1 saturated heterocycles. The summed E-state index contributed by atoms with van der Waals surface area (Å²) in [4.78, 5) is 11.5. The SMILES string of the molecule is COC(=O)C1CCCN1S(=O)(=O)c1ccn[nH]1. The normalized spacial score (nSPS) is 21.6. The number of esters is 1. The first-order valence-corrected chi connectivity index (χ1v) is 6.60. The number of methoxy groups -OCH3 is 1. The Labute approximate surface area is 98.8 Å². The lowest BCUT2D eigenvalue weighted by atomic mass is 10.2. The molecule has 1 atom stereocenters. The molecule has 0 bridgehead atoms. The van der Waals surface area contributed by atoms with Crippen molar-refractivity contribution in [1.82, 2.24) is 14.5 Å². The Kier molecular flexibility index (Phi) is 3.16. The van der Waals surface area contributed by atoms with Gasteiger partial charge in [0.25, 0.3) is 10.0 Å². The number of H-pyrrole nitrogens is 1. The van der Waals surface area contributed by atoms with Crippen LogP contribution in [0.4, 0.5) is 0 Å². The second-order valence-corrected chi connectivity index (χ2v) is 5.58. The van der Waals surface area contributed by atoms with Crippen LogP contribution >= 0.6 is 0 Å². The largest absolute Gasteiger partial charge is 0.468 e. The average molecular weight is 259 g/mol. The number of nitrogens with zero attached hydrogens (tertiary/aromatic N) is 2. The van der Waals surface area contributed by atoms with Crippen molar-refractivity contribution in [2.45, 2.75) is 23.9 Å². The molecule has 94 valence electrons. The highest BCUT2D eigenvalue weighted by molar-refractivity contribution is 7.89. The third-order valence-corrected chi connectivity index (χ3v) is 4.58. The van der Waals surface area contributed by atoms with Gasteiger partial charge in [-0.3, -0.25) is 9.89 Å². The van der Waals surface area contributed by atoms with Gasteiger partial charge in [0.15, 0.2) is 5.03 Å². The van der Waals surface area contributed by atoms with E-state index < -0.39 is 22.0 Å². The Bertz CT molecular complexity index is 496. The van der Waals surface area contributed by atoms with Gasteiger partial charge in [0.1, 0.15) is 6.04 Å². The van der Waals surface area contributed by atoms with Crippen molar-refractivity contribution >= 4 is 16.0 Å². The number of hydrogen-bond donors (Lipinski definition) is 1. The third-order valence-electron chi connectivity index (χ3n) is 2.74. The predicted octanol–water partition coefficient (Wildman–Crippen LogP) is -0.264. The van der Waals surface area contributed by atoms with Crippen LogP contribution < -0.4 is 0 Å². The molecule has 0 aliphatic carbocycles. The molecule has 2 rings (SSSR count). The van der Waals surface area contributed by atoms with E-state index in [4.69, 9.17) is 0 Å². The Balaban J connectivity index is 2.31. The quantitative estimate of drug-likeness (QED) is 0.755. The van der Waals surface area contributed by atoms with Gasteiger partial charge in [-0.15, -0.1) is 0 Å². The lowest BCUT2D eigenvalue weighted by Gasteiger charge is -2.20. The first-order valence-electron chi connectivity index (χ1n) is 5.16. The highest BCUT2D eigenvalue weighted by Gasteiger charge is 2.40. The van der Waals surface area contributed by atoms with E-state index in [1.165, 1.54) is 19.4 Å². The molecule has 1 aromatic rings. The lowest BCUT2D eigenvalue weighted by Crippen LogP contribution is -2.41. The van der Waals surface area contributed by atoms with E-state index in [1.54, 1.807) is 0 Å². The van der Waals surface area contributed by atoms with Gasteiger partial charge in [0.05, 0.1) is 13.3 Å². The van der Waals surface area contributed by atoms with E-state index in [1.807, 2.05) is 0 Å². The Morgan fingerprint density at radius 1 is 1.65 bits per heavy atom. The highest BCUT2D eigenvalue weighted by atomic mass is 32.2. The Morgan fingerprint density at radius 3 is 3.00 bits per heavy atom. The molecular weight excluding hydrogens is 246 g/mol. The minimum atomic E-state index is -3.69. The fraction of sp³-hybridized carbons (Fsp3) is 0.556. The summed E-state index contributed by atoms with van der Waals surface area (Å²) < 4.78 is 30.1. The molecule has 1 unspecified atom stereocenters. The van der Waals surface area contributed by atoms with Crippen molar-refractivity contribution in [3.05, 3.63) is 12.3 Å². The fourth-order valence-corrected chi connectivity index (χ4v) is 3.46. The van der Waals surface area contributed by atoms with Crippen LogP contribution in [-0.4, -0.2) is 48.6 Å². The van der Waals surface area contributed by atoms with Crippen LogP contribution in [0, 0.1) is 0 Å². The van der Waals surface area contributed by atoms with Crippen molar-refractivity contribution in [2.75, 3.05) is 13.7 Å². The second-order valence-electron chi connectivity index (χ2n) is 3.72. The summed E-state index contributed by atoms with van der Waals surface area (Å²) in [7, 11) is -2.43. The van der Waals surface area contributed by atoms with Gasteiger partial charge in [-0.2, -0.15) is 9.40 Å². The maximum atomic E-state index is 12.2. The Hall–Kier alpha value is -1.41. The first-order chi connectivity index (χ1) is 8.07. The molecule has 0 aromatic carbocycles. The molecule has 1 aromatic heterocycles. The fourth-order valence-electron chi connectivity index (χ4n) is 1.91. The summed E-state index contributed by atoms with van der Waals surface area (Å²) in [5.74, 6) is -0.523. The van der Waals surface area contributed by atoms with Crippen LogP contribution in [-0.2, 0) is 19.6 Å². The molecule has 17 heavy (non-hydrogen) atoms. The molecule has 1 aliphatic rings. The van der Waals surface area contributed by atoms with Gasteiger partial charge in [-0.1, -0.05) is 0 Å². The molecule has 0 amide bonds. The molecule has 8 heteroatoms. The molecule has 0 radical (unpaired) electrons. The number of aromatic amines is 1. The molecule has 2 heterocycles. The second kappa shape index (κ2) is 4.46. The molecule has 1 fully saturated rings. The van der Waals surface area contributed by atoms with Gasteiger partial charge in [-0.25, -0.2) is 8.42 Å². The van der Waals surface area contributed by atoms with Gasteiger partial charge in [0, 0.05) is 6.54 Å². The van der Waals surface area contributed by atoms with Gasteiger partial charge < -0.3 is 4.74 Å². The van der Waals surface area contributed by atoms with E-state index in [0.29, 0.717) is 19.4 Å². The number of hydrogen-bond acceptors (Lipinski definition) is 5. The molecule has 0 saturated carbocycles. The minimum absolute atomic E-state index is 0.00620. The van der Waals surface area contributed by atoms with Crippen molar-refractivity contribution in [1.29, 1.82) is 0 Å². The van der Waals surface area contributed by atoms with E-state index in [2.05, 4.69) is 14.9 Å². The number of carbonyl (C=O) groups is 1. The van der Waals surface area contributed by atoms with E-state index in [0.717, 1.165) is 4.31 Å². The summed E-state index contributed by atoms with van der Waals surface area (Å²) in [6.07, 6.45) is 2.49. The van der Waals surface area contributed by atoms with Crippen LogP contribution in [0.3, 0.4) is 0 Å². The summed E-state index contributed by atoms with van der Waals surface area (Å²) in [6, 6.07) is 0.635. The van der Waals surface area contributed by atoms with Crippen LogP contribution in [0.15, 0.2) is 17.3 Å². The van der Waals surface area contributed by atoms with Gasteiger partial charge in [-0.05, 0) is 18.9 Å². The van der Waals surface area contributed by atoms with Gasteiger partial charge >= 0.3 is 5.97 Å². The maximum Gasteiger partial charge on any atom is 0.324 e. The smallest absolute Gasteiger partial charge is 0.324 e. The van der Waals surface area contributed by atoms with Crippen molar-refractivity contribution in [2.24, 2.45) is 0 Å². The van der Waals surface area contributed by atoms with Gasteiger partial charge in [0.2, 0.25) is 0 Å². The number of nitrogens with one attached hydrogen (secondary N) is 1.